The number of H-pyrrole nitrogens is 1. The largest absolute Gasteiger partial charge is 0.264 e. The second kappa shape index (κ2) is 4.75. The zero-order valence-electron chi connectivity index (χ0n) is 8.62. The monoisotopic (exact) mass is 309 g/mol. The SMILES string of the molecule is O=S(=O)(Nc1ccn[nH]1)c1ccc(Cl)c(F)c1Cl. The third-order valence-corrected chi connectivity index (χ3v) is 4.22. The van der Waals surface area contributed by atoms with Gasteiger partial charge in [0.25, 0.3) is 10.0 Å². The van der Waals surface area contributed by atoms with E-state index in [0.717, 1.165) is 12.1 Å². The highest BCUT2D eigenvalue weighted by atomic mass is 35.5. The predicted molar refractivity (Wildman–Crippen MR) is 65.8 cm³/mol. The average molecular weight is 310 g/mol. The number of sulfonamides is 1. The second-order valence-corrected chi connectivity index (χ2v) is 5.69. The fourth-order valence-corrected chi connectivity index (χ4v) is 2.99. The second-order valence-electron chi connectivity index (χ2n) is 3.25. The van der Waals surface area contributed by atoms with Crippen LogP contribution in [0.5, 0.6) is 0 Å². The lowest BCUT2D eigenvalue weighted by Crippen LogP contribution is -2.14. The maximum absolute atomic E-state index is 13.4. The number of nitrogens with one attached hydrogen (secondary N) is 2. The Balaban J connectivity index is 2.45. The van der Waals surface area contributed by atoms with Crippen molar-refractivity contribution in [2.24, 2.45) is 0 Å². The molecule has 1 aromatic carbocycles. The molecule has 0 saturated heterocycles. The number of aromatic amines is 1. The van der Waals surface area contributed by atoms with Gasteiger partial charge in [0.2, 0.25) is 0 Å². The Bertz CT molecular complexity index is 673. The Morgan fingerprint density at radius 2 is 2.00 bits per heavy atom. The molecule has 0 saturated carbocycles. The van der Waals surface area contributed by atoms with E-state index in [2.05, 4.69) is 14.9 Å². The van der Waals surface area contributed by atoms with Crippen LogP contribution >= 0.6 is 23.2 Å². The Kier molecular flexibility index (Phi) is 3.47. The molecule has 2 aromatic rings. The van der Waals surface area contributed by atoms with E-state index in [0.29, 0.717) is 0 Å². The number of hydrogen-bond donors (Lipinski definition) is 2. The van der Waals surface area contributed by atoms with Gasteiger partial charge in [-0.3, -0.25) is 9.82 Å². The summed E-state index contributed by atoms with van der Waals surface area (Å²) < 4.78 is 39.4. The third kappa shape index (κ3) is 2.43. The predicted octanol–water partition coefficient (Wildman–Crippen LogP) is 2.66. The van der Waals surface area contributed by atoms with Gasteiger partial charge in [0.1, 0.15) is 10.7 Å². The van der Waals surface area contributed by atoms with Crippen LogP contribution in [-0.4, -0.2) is 18.6 Å². The standard InChI is InChI=1S/C9H6Cl2FN3O2S/c10-5-1-2-6(8(11)9(5)12)18(16,17)15-7-3-4-13-14-7/h1-4H,(H2,13,14,15). The van der Waals surface area contributed by atoms with Gasteiger partial charge in [-0.15, -0.1) is 0 Å². The molecule has 2 rings (SSSR count). The number of nitrogens with zero attached hydrogens (tertiary/aromatic N) is 1. The molecule has 0 aliphatic rings. The summed E-state index contributed by atoms with van der Waals surface area (Å²) >= 11 is 11.1. The van der Waals surface area contributed by atoms with Crippen molar-refractivity contribution in [2.45, 2.75) is 4.90 Å². The Labute approximate surface area is 112 Å². The molecular formula is C9H6Cl2FN3O2S. The van der Waals surface area contributed by atoms with Crippen LogP contribution in [0, 0.1) is 5.82 Å². The quantitative estimate of drug-likeness (QED) is 0.856. The van der Waals surface area contributed by atoms with Crippen LogP contribution in [0.25, 0.3) is 0 Å². The van der Waals surface area contributed by atoms with Crippen molar-refractivity contribution in [1.29, 1.82) is 0 Å². The molecule has 0 aliphatic heterocycles. The van der Waals surface area contributed by atoms with E-state index in [9.17, 15) is 12.8 Å². The van der Waals surface area contributed by atoms with Gasteiger partial charge in [0, 0.05) is 6.07 Å². The van der Waals surface area contributed by atoms with Crippen LogP contribution in [0.1, 0.15) is 0 Å². The van der Waals surface area contributed by atoms with Crippen LogP contribution in [0.2, 0.25) is 10.0 Å². The first-order valence-electron chi connectivity index (χ1n) is 4.57. The van der Waals surface area contributed by atoms with Crippen molar-refractivity contribution in [3.8, 4) is 0 Å². The minimum absolute atomic E-state index is 0.140. The summed E-state index contributed by atoms with van der Waals surface area (Å²) in [7, 11) is -4.01. The number of rotatable bonds is 3. The summed E-state index contributed by atoms with van der Waals surface area (Å²) in [4.78, 5) is -0.402. The van der Waals surface area contributed by atoms with Gasteiger partial charge >= 0.3 is 0 Å². The molecule has 0 fully saturated rings. The molecule has 0 atom stereocenters. The van der Waals surface area contributed by atoms with Crippen LogP contribution in [0.3, 0.4) is 0 Å². The van der Waals surface area contributed by atoms with Gasteiger partial charge in [0.05, 0.1) is 16.2 Å². The van der Waals surface area contributed by atoms with E-state index in [4.69, 9.17) is 23.2 Å². The van der Waals surface area contributed by atoms with Crippen molar-refractivity contribution in [3.63, 3.8) is 0 Å². The highest BCUT2D eigenvalue weighted by Gasteiger charge is 2.22. The highest BCUT2D eigenvalue weighted by molar-refractivity contribution is 7.92. The summed E-state index contributed by atoms with van der Waals surface area (Å²) in [5, 5.41) is 5.17. The number of halogens is 3. The van der Waals surface area contributed by atoms with E-state index >= 15 is 0 Å². The molecule has 1 aromatic heterocycles. The maximum Gasteiger partial charge on any atom is 0.264 e. The molecule has 9 heteroatoms. The summed E-state index contributed by atoms with van der Waals surface area (Å²) in [5.41, 5.74) is 0. The number of hydrogen-bond acceptors (Lipinski definition) is 3. The number of aromatic nitrogens is 2. The topological polar surface area (TPSA) is 74.8 Å². The lowest BCUT2D eigenvalue weighted by Gasteiger charge is -2.08. The normalized spacial score (nSPS) is 11.5. The summed E-state index contributed by atoms with van der Waals surface area (Å²) in [6.45, 7) is 0. The zero-order valence-corrected chi connectivity index (χ0v) is 10.9. The first kappa shape index (κ1) is 13.1. The van der Waals surface area contributed by atoms with Crippen LogP contribution < -0.4 is 4.72 Å². The maximum atomic E-state index is 13.4. The molecule has 0 radical (unpaired) electrons. The molecule has 5 nitrogen and oxygen atoms in total. The summed E-state index contributed by atoms with van der Waals surface area (Å²) in [6, 6.07) is 3.63. The van der Waals surface area contributed by atoms with Gasteiger partial charge in [-0.1, -0.05) is 23.2 Å². The first-order chi connectivity index (χ1) is 8.42. The number of benzene rings is 1. The van der Waals surface area contributed by atoms with Crippen molar-refractivity contribution in [1.82, 2.24) is 10.2 Å². The van der Waals surface area contributed by atoms with Crippen molar-refractivity contribution < 1.29 is 12.8 Å². The van der Waals surface area contributed by atoms with Crippen molar-refractivity contribution >= 4 is 39.0 Å². The molecule has 0 aliphatic carbocycles. The smallest absolute Gasteiger partial charge is 0.264 e. The summed E-state index contributed by atoms with van der Waals surface area (Å²) in [6.07, 6.45) is 1.36. The van der Waals surface area contributed by atoms with Gasteiger partial charge in [-0.2, -0.15) is 5.10 Å². The third-order valence-electron chi connectivity index (χ3n) is 2.03. The Morgan fingerprint density at radius 3 is 2.61 bits per heavy atom. The Hall–Kier alpha value is -1.31. The van der Waals surface area contributed by atoms with Crippen LogP contribution in [0.15, 0.2) is 29.3 Å². The lowest BCUT2D eigenvalue weighted by atomic mass is 10.3. The van der Waals surface area contributed by atoms with Gasteiger partial charge < -0.3 is 0 Å². The molecule has 0 spiro atoms. The highest BCUT2D eigenvalue weighted by Crippen LogP contribution is 2.30. The number of anilines is 1. The summed E-state index contributed by atoms with van der Waals surface area (Å²) in [5.74, 6) is -0.841. The zero-order chi connectivity index (χ0) is 13.3. The molecule has 0 unspecified atom stereocenters. The molecule has 1 heterocycles. The molecule has 18 heavy (non-hydrogen) atoms. The van der Waals surface area contributed by atoms with Gasteiger partial charge in [-0.05, 0) is 12.1 Å². The van der Waals surface area contributed by atoms with Crippen LogP contribution in [-0.2, 0) is 10.0 Å². The lowest BCUT2D eigenvalue weighted by molar-refractivity contribution is 0.595. The molecule has 0 bridgehead atoms. The fourth-order valence-electron chi connectivity index (χ4n) is 1.23. The minimum Gasteiger partial charge on any atom is -0.264 e. The molecular weight excluding hydrogens is 304 g/mol. The van der Waals surface area contributed by atoms with Crippen molar-refractivity contribution in [2.75, 3.05) is 4.72 Å². The van der Waals surface area contributed by atoms with Crippen molar-refractivity contribution in [3.05, 3.63) is 40.3 Å². The Morgan fingerprint density at radius 1 is 1.28 bits per heavy atom. The van der Waals surface area contributed by atoms with Crippen LogP contribution in [0.4, 0.5) is 10.2 Å². The first-order valence-corrected chi connectivity index (χ1v) is 6.81. The van der Waals surface area contributed by atoms with E-state index in [1.807, 2.05) is 0 Å². The molecule has 2 N–H and O–H groups in total. The average Bonchev–Trinajstić information content (AvgIpc) is 2.77. The molecule has 0 amide bonds. The van der Waals surface area contributed by atoms with E-state index in [1.165, 1.54) is 12.3 Å². The minimum atomic E-state index is -4.01. The van der Waals surface area contributed by atoms with E-state index < -0.39 is 25.8 Å². The van der Waals surface area contributed by atoms with E-state index in [1.54, 1.807) is 0 Å². The molecule has 96 valence electrons. The fraction of sp³-hybridized carbons (Fsp3) is 0. The van der Waals surface area contributed by atoms with Gasteiger partial charge in [-0.25, -0.2) is 12.8 Å². The van der Waals surface area contributed by atoms with E-state index in [-0.39, 0.29) is 10.8 Å². The van der Waals surface area contributed by atoms with Gasteiger partial charge in [0.15, 0.2) is 5.82 Å².